The monoisotopic (exact) mass is 259 g/mol. The van der Waals surface area contributed by atoms with Gasteiger partial charge in [0, 0.05) is 51.4 Å². The van der Waals surface area contributed by atoms with Crippen molar-refractivity contribution in [3.63, 3.8) is 0 Å². The van der Waals surface area contributed by atoms with E-state index in [9.17, 15) is 5.11 Å². The van der Waals surface area contributed by atoms with Crippen LogP contribution in [0.4, 0.5) is 0 Å². The standard InChI is InChI=1S/C15H24O.K/c1-10-8-11(14(2,3)4)13(16)12(9-10)15(5,6)7;/h8-9,16H,1-7H3;. The fourth-order valence-corrected chi connectivity index (χ4v) is 1.92. The molecule has 0 saturated carbocycles. The van der Waals surface area contributed by atoms with Gasteiger partial charge in [0.2, 0.25) is 0 Å². The normalized spacial score (nSPS) is 12.2. The van der Waals surface area contributed by atoms with Crippen molar-refractivity contribution in [2.24, 2.45) is 0 Å². The van der Waals surface area contributed by atoms with E-state index in [1.165, 1.54) is 5.56 Å². The summed E-state index contributed by atoms with van der Waals surface area (Å²) in [5.41, 5.74) is 3.26. The van der Waals surface area contributed by atoms with E-state index in [4.69, 9.17) is 0 Å². The Morgan fingerprint density at radius 1 is 0.824 bits per heavy atom. The predicted octanol–water partition coefficient (Wildman–Crippen LogP) is 3.91. The summed E-state index contributed by atoms with van der Waals surface area (Å²) in [4.78, 5) is 0. The molecule has 1 aromatic carbocycles. The number of aromatic hydroxyl groups is 1. The van der Waals surface area contributed by atoms with Gasteiger partial charge in [0.25, 0.3) is 0 Å². The Morgan fingerprint density at radius 3 is 1.35 bits per heavy atom. The van der Waals surface area contributed by atoms with E-state index in [-0.39, 0.29) is 62.2 Å². The second kappa shape index (κ2) is 5.75. The Kier molecular flexibility index (Phi) is 5.97. The number of rotatable bonds is 0. The average molecular weight is 259 g/mol. The topological polar surface area (TPSA) is 20.2 Å². The van der Waals surface area contributed by atoms with Crippen LogP contribution in [0.1, 0.15) is 58.2 Å². The molecular weight excluding hydrogens is 235 g/mol. The summed E-state index contributed by atoms with van der Waals surface area (Å²) in [6, 6.07) is 4.18. The minimum Gasteiger partial charge on any atom is -0.507 e. The quantitative estimate of drug-likeness (QED) is 0.700. The molecule has 17 heavy (non-hydrogen) atoms. The van der Waals surface area contributed by atoms with Gasteiger partial charge < -0.3 is 5.11 Å². The number of hydrogen-bond donors (Lipinski definition) is 1. The molecule has 0 bridgehead atoms. The van der Waals surface area contributed by atoms with Crippen molar-refractivity contribution in [3.8, 4) is 5.75 Å². The van der Waals surface area contributed by atoms with Gasteiger partial charge in [-0.05, 0) is 28.9 Å². The summed E-state index contributed by atoms with van der Waals surface area (Å²) in [6.45, 7) is 14.9. The Balaban J connectivity index is 0.00000256. The van der Waals surface area contributed by atoms with Crippen LogP contribution < -0.4 is 0 Å². The van der Waals surface area contributed by atoms with Crippen molar-refractivity contribution in [1.82, 2.24) is 0 Å². The first-order valence-electron chi connectivity index (χ1n) is 5.88. The van der Waals surface area contributed by atoms with E-state index in [0.717, 1.165) is 11.1 Å². The molecule has 2 heteroatoms. The molecular formula is C15H24KO. The van der Waals surface area contributed by atoms with Crippen molar-refractivity contribution in [3.05, 3.63) is 28.8 Å². The molecule has 0 unspecified atom stereocenters. The fraction of sp³-hybridized carbons (Fsp3) is 0.600. The minimum atomic E-state index is -0.0178. The molecule has 1 N–H and O–H groups in total. The summed E-state index contributed by atoms with van der Waals surface area (Å²) in [5, 5.41) is 10.4. The van der Waals surface area contributed by atoms with E-state index in [1.807, 2.05) is 0 Å². The first-order chi connectivity index (χ1) is 7.03. The summed E-state index contributed by atoms with van der Waals surface area (Å²) in [7, 11) is 0. The van der Waals surface area contributed by atoms with Crippen molar-refractivity contribution in [1.29, 1.82) is 0 Å². The van der Waals surface area contributed by atoms with Crippen molar-refractivity contribution in [2.75, 3.05) is 0 Å². The number of phenols is 1. The van der Waals surface area contributed by atoms with E-state index in [0.29, 0.717) is 5.75 Å². The molecule has 0 spiro atoms. The third kappa shape index (κ3) is 4.36. The third-order valence-electron chi connectivity index (χ3n) is 2.87. The van der Waals surface area contributed by atoms with Gasteiger partial charge in [-0.2, -0.15) is 0 Å². The Bertz CT molecular complexity index is 359. The van der Waals surface area contributed by atoms with Crippen LogP contribution in [0.2, 0.25) is 0 Å². The van der Waals surface area contributed by atoms with Crippen molar-refractivity contribution >= 4 is 51.4 Å². The van der Waals surface area contributed by atoms with Gasteiger partial charge in [0.1, 0.15) is 5.75 Å². The summed E-state index contributed by atoms with van der Waals surface area (Å²) in [5.74, 6) is 0.464. The van der Waals surface area contributed by atoms with Crippen LogP contribution in [0.3, 0.4) is 0 Å². The maximum absolute atomic E-state index is 10.4. The second-order valence-corrected chi connectivity index (χ2v) is 6.71. The van der Waals surface area contributed by atoms with Gasteiger partial charge in [-0.3, -0.25) is 0 Å². The maximum atomic E-state index is 10.4. The molecule has 0 atom stereocenters. The minimum absolute atomic E-state index is 0. The van der Waals surface area contributed by atoms with Gasteiger partial charge in [0.05, 0.1) is 0 Å². The van der Waals surface area contributed by atoms with Crippen molar-refractivity contribution < 1.29 is 5.11 Å². The van der Waals surface area contributed by atoms with Crippen LogP contribution in [0.15, 0.2) is 12.1 Å². The largest absolute Gasteiger partial charge is 0.507 e. The van der Waals surface area contributed by atoms with Gasteiger partial charge >= 0.3 is 0 Å². The van der Waals surface area contributed by atoms with E-state index in [1.54, 1.807) is 0 Å². The number of aryl methyl sites for hydroxylation is 1. The number of phenolic OH excluding ortho intramolecular Hbond substituents is 1. The molecule has 0 saturated heterocycles. The van der Waals surface area contributed by atoms with E-state index in [2.05, 4.69) is 60.6 Å². The van der Waals surface area contributed by atoms with Crippen LogP contribution >= 0.6 is 0 Å². The summed E-state index contributed by atoms with van der Waals surface area (Å²) >= 11 is 0. The van der Waals surface area contributed by atoms with E-state index >= 15 is 0 Å². The first-order valence-corrected chi connectivity index (χ1v) is 5.88. The Morgan fingerprint density at radius 2 is 1.12 bits per heavy atom. The molecule has 0 heterocycles. The molecule has 1 rings (SSSR count). The molecule has 1 nitrogen and oxygen atoms in total. The Labute approximate surface area is 148 Å². The third-order valence-corrected chi connectivity index (χ3v) is 2.87. The van der Waals surface area contributed by atoms with Crippen LogP contribution in [0.5, 0.6) is 5.75 Å². The molecule has 91 valence electrons. The average Bonchev–Trinajstić information content (AvgIpc) is 2.04. The second-order valence-electron chi connectivity index (χ2n) is 6.71. The SMILES string of the molecule is Cc1cc(C(C)(C)C)c(O)c(C(C)(C)C)c1.[K]. The zero-order chi connectivity index (χ0) is 12.7. The van der Waals surface area contributed by atoms with Crippen LogP contribution in [0, 0.1) is 6.92 Å². The predicted molar refractivity (Wildman–Crippen MR) is 76.0 cm³/mol. The van der Waals surface area contributed by atoms with Crippen LogP contribution in [-0.4, -0.2) is 56.5 Å². The molecule has 0 aliphatic heterocycles. The van der Waals surface area contributed by atoms with Crippen molar-refractivity contribution in [2.45, 2.75) is 59.3 Å². The van der Waals surface area contributed by atoms with E-state index < -0.39 is 0 Å². The molecule has 0 fully saturated rings. The van der Waals surface area contributed by atoms with Gasteiger partial charge in [0.15, 0.2) is 0 Å². The van der Waals surface area contributed by atoms with Gasteiger partial charge in [-0.25, -0.2) is 0 Å². The Hall–Kier alpha value is 0.656. The molecule has 0 aliphatic rings. The maximum Gasteiger partial charge on any atom is 0.123 e. The summed E-state index contributed by atoms with van der Waals surface area (Å²) < 4.78 is 0. The zero-order valence-electron chi connectivity index (χ0n) is 12.6. The van der Waals surface area contributed by atoms with Crippen LogP contribution in [-0.2, 0) is 10.8 Å². The van der Waals surface area contributed by atoms with Crippen LogP contribution in [0.25, 0.3) is 0 Å². The smallest absolute Gasteiger partial charge is 0.123 e. The molecule has 1 aromatic rings. The number of benzene rings is 1. The number of hydrogen-bond acceptors (Lipinski definition) is 1. The zero-order valence-corrected chi connectivity index (χ0v) is 15.7. The molecule has 1 radical (unpaired) electrons. The first kappa shape index (κ1) is 17.7. The van der Waals surface area contributed by atoms with Gasteiger partial charge in [-0.15, -0.1) is 0 Å². The summed E-state index contributed by atoms with van der Waals surface area (Å²) in [6.07, 6.45) is 0. The molecule has 0 amide bonds. The molecule has 0 aromatic heterocycles. The van der Waals surface area contributed by atoms with Gasteiger partial charge in [-0.1, -0.05) is 59.2 Å². The fourth-order valence-electron chi connectivity index (χ4n) is 1.92. The molecule has 0 aliphatic carbocycles.